The zero-order valence-corrected chi connectivity index (χ0v) is 14.5. The lowest BCUT2D eigenvalue weighted by molar-refractivity contribution is -0.116. The molecular formula is C16H20N4O2S. The fraction of sp³-hybridized carbons (Fsp3) is 0.375. The molecule has 6 nitrogen and oxygen atoms in total. The van der Waals surface area contributed by atoms with Gasteiger partial charge in [0.05, 0.1) is 19.0 Å². The summed E-state index contributed by atoms with van der Waals surface area (Å²) in [6.45, 7) is 3.91. The Labute approximate surface area is 140 Å². The zero-order valence-electron chi connectivity index (χ0n) is 13.7. The van der Waals surface area contributed by atoms with Gasteiger partial charge in [0, 0.05) is 23.9 Å². The first-order valence-corrected chi connectivity index (χ1v) is 8.44. The summed E-state index contributed by atoms with van der Waals surface area (Å²) in [7, 11) is 1.55. The van der Waals surface area contributed by atoms with Crippen molar-refractivity contribution in [1.82, 2.24) is 15.0 Å². The van der Waals surface area contributed by atoms with Crippen LogP contribution in [0.1, 0.15) is 23.4 Å². The number of nitrogens with one attached hydrogen (secondary N) is 1. The minimum absolute atomic E-state index is 0.0651. The van der Waals surface area contributed by atoms with Gasteiger partial charge >= 0.3 is 0 Å². The van der Waals surface area contributed by atoms with Gasteiger partial charge in [-0.1, -0.05) is 11.8 Å². The number of nitrogens with zero attached hydrogens (tertiary/aromatic N) is 3. The number of aromatic nitrogens is 3. The maximum atomic E-state index is 12.1. The highest BCUT2D eigenvalue weighted by Gasteiger charge is 2.11. The van der Waals surface area contributed by atoms with Crippen LogP contribution in [0.4, 0.5) is 5.69 Å². The van der Waals surface area contributed by atoms with Gasteiger partial charge in [-0.05, 0) is 38.2 Å². The van der Waals surface area contributed by atoms with E-state index in [1.165, 1.54) is 11.8 Å². The SMILES string of the molecule is COc1ccc(NC(=O)CCc2c(C)nc(SC)nc2C)cn1. The molecule has 2 aromatic rings. The van der Waals surface area contributed by atoms with Crippen LogP contribution >= 0.6 is 11.8 Å². The number of ether oxygens (including phenoxy) is 1. The Morgan fingerprint density at radius 3 is 2.48 bits per heavy atom. The molecule has 0 fully saturated rings. The second kappa shape index (κ2) is 7.92. The molecule has 0 atom stereocenters. The van der Waals surface area contributed by atoms with Crippen LogP contribution in [0.3, 0.4) is 0 Å². The summed E-state index contributed by atoms with van der Waals surface area (Å²) in [6, 6.07) is 3.47. The summed E-state index contributed by atoms with van der Waals surface area (Å²) in [6.07, 6.45) is 4.51. The standard InChI is InChI=1S/C16H20N4O2S/c1-10-13(11(2)19-16(18-10)23-4)6-7-14(21)20-12-5-8-15(22-3)17-9-12/h5,8-9H,6-7H2,1-4H3,(H,20,21). The summed E-state index contributed by atoms with van der Waals surface area (Å²) >= 11 is 1.52. The number of rotatable bonds is 6. The van der Waals surface area contributed by atoms with Crippen LogP contribution < -0.4 is 10.1 Å². The molecule has 0 aliphatic heterocycles. The topological polar surface area (TPSA) is 77.0 Å². The summed E-state index contributed by atoms with van der Waals surface area (Å²) < 4.78 is 4.99. The Balaban J connectivity index is 1.96. The highest BCUT2D eigenvalue weighted by atomic mass is 32.2. The molecule has 1 N–H and O–H groups in total. The third kappa shape index (κ3) is 4.66. The van der Waals surface area contributed by atoms with Gasteiger partial charge in [0.1, 0.15) is 0 Å². The van der Waals surface area contributed by atoms with Crippen molar-refractivity contribution in [2.45, 2.75) is 31.8 Å². The van der Waals surface area contributed by atoms with Crippen LogP contribution in [0, 0.1) is 13.8 Å². The summed E-state index contributed by atoms with van der Waals surface area (Å²) in [5.41, 5.74) is 3.55. The fourth-order valence-corrected chi connectivity index (χ4v) is 2.66. The van der Waals surface area contributed by atoms with E-state index < -0.39 is 0 Å². The normalized spacial score (nSPS) is 10.4. The van der Waals surface area contributed by atoms with Crippen molar-refractivity contribution < 1.29 is 9.53 Å². The number of carbonyl (C=O) groups excluding carboxylic acids is 1. The van der Waals surface area contributed by atoms with E-state index in [0.717, 1.165) is 22.1 Å². The monoisotopic (exact) mass is 332 g/mol. The number of carbonyl (C=O) groups is 1. The molecule has 0 radical (unpaired) electrons. The first-order valence-electron chi connectivity index (χ1n) is 7.21. The van der Waals surface area contributed by atoms with E-state index in [9.17, 15) is 4.79 Å². The lowest BCUT2D eigenvalue weighted by Gasteiger charge is -2.10. The van der Waals surface area contributed by atoms with Crippen LogP contribution in [0.2, 0.25) is 0 Å². The number of hydrogen-bond donors (Lipinski definition) is 1. The summed E-state index contributed by atoms with van der Waals surface area (Å²) in [5.74, 6) is 0.449. The predicted molar refractivity (Wildman–Crippen MR) is 91.0 cm³/mol. The number of hydrogen-bond acceptors (Lipinski definition) is 6. The van der Waals surface area contributed by atoms with Crippen molar-refractivity contribution in [3.8, 4) is 5.88 Å². The highest BCUT2D eigenvalue weighted by molar-refractivity contribution is 7.98. The maximum Gasteiger partial charge on any atom is 0.224 e. The van der Waals surface area contributed by atoms with Gasteiger partial charge in [0.2, 0.25) is 11.8 Å². The average molecular weight is 332 g/mol. The van der Waals surface area contributed by atoms with Crippen LogP contribution in [0.15, 0.2) is 23.5 Å². The third-order valence-corrected chi connectivity index (χ3v) is 3.96. The summed E-state index contributed by atoms with van der Waals surface area (Å²) in [5, 5.41) is 3.58. The van der Waals surface area contributed by atoms with Gasteiger partial charge < -0.3 is 10.1 Å². The Bertz CT molecular complexity index is 666. The molecule has 23 heavy (non-hydrogen) atoms. The largest absolute Gasteiger partial charge is 0.481 e. The van der Waals surface area contributed by atoms with E-state index in [2.05, 4.69) is 20.3 Å². The molecule has 0 unspecified atom stereocenters. The Hall–Kier alpha value is -2.15. The Morgan fingerprint density at radius 1 is 1.26 bits per heavy atom. The van der Waals surface area contributed by atoms with Gasteiger partial charge in [0.25, 0.3) is 0 Å². The second-order valence-electron chi connectivity index (χ2n) is 5.00. The van der Waals surface area contributed by atoms with Gasteiger partial charge in [-0.15, -0.1) is 0 Å². The molecule has 2 rings (SSSR count). The van der Waals surface area contributed by atoms with E-state index >= 15 is 0 Å². The van der Waals surface area contributed by atoms with E-state index in [4.69, 9.17) is 4.74 Å². The molecule has 122 valence electrons. The van der Waals surface area contributed by atoms with E-state index in [1.807, 2.05) is 20.1 Å². The van der Waals surface area contributed by atoms with Crippen LogP contribution in [0.5, 0.6) is 5.88 Å². The maximum absolute atomic E-state index is 12.1. The minimum atomic E-state index is -0.0651. The quantitative estimate of drug-likeness (QED) is 0.647. The molecule has 0 bridgehead atoms. The first kappa shape index (κ1) is 17.2. The molecule has 0 saturated heterocycles. The number of anilines is 1. The van der Waals surface area contributed by atoms with Crippen LogP contribution in [-0.2, 0) is 11.2 Å². The van der Waals surface area contributed by atoms with Crippen LogP contribution in [0.25, 0.3) is 0 Å². The number of aryl methyl sites for hydroxylation is 2. The Morgan fingerprint density at radius 2 is 1.96 bits per heavy atom. The lowest BCUT2D eigenvalue weighted by Crippen LogP contribution is -2.14. The van der Waals surface area contributed by atoms with Crippen molar-refractivity contribution in [3.63, 3.8) is 0 Å². The third-order valence-electron chi connectivity index (χ3n) is 3.41. The molecular weight excluding hydrogens is 312 g/mol. The van der Waals surface area contributed by atoms with E-state index in [0.29, 0.717) is 24.4 Å². The molecule has 1 amide bonds. The van der Waals surface area contributed by atoms with Gasteiger partial charge in [-0.25, -0.2) is 15.0 Å². The molecule has 2 heterocycles. The number of thioether (sulfide) groups is 1. The number of pyridine rings is 1. The summed E-state index contributed by atoms with van der Waals surface area (Å²) in [4.78, 5) is 25.0. The minimum Gasteiger partial charge on any atom is -0.481 e. The zero-order chi connectivity index (χ0) is 16.8. The number of amides is 1. The number of methoxy groups -OCH3 is 1. The van der Waals surface area contributed by atoms with Gasteiger partial charge in [-0.2, -0.15) is 0 Å². The highest BCUT2D eigenvalue weighted by Crippen LogP contribution is 2.17. The van der Waals surface area contributed by atoms with E-state index in [1.54, 1.807) is 25.4 Å². The van der Waals surface area contributed by atoms with Gasteiger partial charge in [0.15, 0.2) is 5.16 Å². The van der Waals surface area contributed by atoms with Crippen molar-refractivity contribution in [1.29, 1.82) is 0 Å². The molecule has 0 aliphatic carbocycles. The first-order chi connectivity index (χ1) is 11.0. The molecule has 0 spiro atoms. The van der Waals surface area contributed by atoms with Crippen molar-refractivity contribution in [2.75, 3.05) is 18.7 Å². The second-order valence-corrected chi connectivity index (χ2v) is 5.77. The fourth-order valence-electron chi connectivity index (χ4n) is 2.20. The predicted octanol–water partition coefficient (Wildman–Crippen LogP) is 2.79. The molecule has 0 aromatic carbocycles. The average Bonchev–Trinajstić information content (AvgIpc) is 2.54. The molecule has 0 saturated carbocycles. The molecule has 2 aromatic heterocycles. The smallest absolute Gasteiger partial charge is 0.224 e. The van der Waals surface area contributed by atoms with Crippen molar-refractivity contribution in [2.24, 2.45) is 0 Å². The lowest BCUT2D eigenvalue weighted by atomic mass is 10.1. The Kier molecular flexibility index (Phi) is 5.92. The van der Waals surface area contributed by atoms with Crippen LogP contribution in [-0.4, -0.2) is 34.2 Å². The van der Waals surface area contributed by atoms with Crippen molar-refractivity contribution in [3.05, 3.63) is 35.3 Å². The van der Waals surface area contributed by atoms with E-state index in [-0.39, 0.29) is 5.91 Å². The molecule has 0 aliphatic rings. The molecule has 7 heteroatoms. The van der Waals surface area contributed by atoms with Crippen molar-refractivity contribution >= 4 is 23.4 Å². The van der Waals surface area contributed by atoms with Gasteiger partial charge in [-0.3, -0.25) is 4.79 Å².